The van der Waals surface area contributed by atoms with Crippen LogP contribution in [0.15, 0.2) is 6.33 Å². The minimum Gasteiger partial charge on any atom is -0.319 e. The topological polar surface area (TPSA) is 42.7 Å². The normalized spacial score (nSPS) is 18.0. The van der Waals surface area contributed by atoms with E-state index in [4.69, 9.17) is 0 Å². The van der Waals surface area contributed by atoms with Crippen LogP contribution in [0.1, 0.15) is 32.5 Å². The largest absolute Gasteiger partial charge is 0.319 e. The van der Waals surface area contributed by atoms with Crippen LogP contribution in [-0.2, 0) is 13.0 Å². The summed E-state index contributed by atoms with van der Waals surface area (Å²) in [5.41, 5.74) is 0.469. The SMILES string of the molecule is CNCC1(Cc2ncnn2CC(C)C)CC1. The summed E-state index contributed by atoms with van der Waals surface area (Å²) in [6, 6.07) is 0. The molecule has 4 nitrogen and oxygen atoms in total. The average Bonchev–Trinajstić information content (AvgIpc) is 2.82. The maximum absolute atomic E-state index is 4.40. The van der Waals surface area contributed by atoms with Crippen LogP contribution >= 0.6 is 0 Å². The lowest BCUT2D eigenvalue weighted by Crippen LogP contribution is -2.24. The Hall–Kier alpha value is -0.900. The van der Waals surface area contributed by atoms with Gasteiger partial charge in [0.2, 0.25) is 0 Å². The van der Waals surface area contributed by atoms with Crippen molar-refractivity contribution in [1.82, 2.24) is 20.1 Å². The van der Waals surface area contributed by atoms with Gasteiger partial charge < -0.3 is 5.32 Å². The van der Waals surface area contributed by atoms with Gasteiger partial charge in [-0.25, -0.2) is 9.67 Å². The van der Waals surface area contributed by atoms with E-state index in [1.807, 2.05) is 7.05 Å². The van der Waals surface area contributed by atoms with Crippen molar-refractivity contribution in [2.24, 2.45) is 11.3 Å². The first kappa shape index (κ1) is 11.6. The zero-order valence-electron chi connectivity index (χ0n) is 10.5. The van der Waals surface area contributed by atoms with Crippen LogP contribution in [-0.4, -0.2) is 28.4 Å². The average molecular weight is 222 g/mol. The Kier molecular flexibility index (Phi) is 3.28. The Bertz CT molecular complexity index is 339. The first-order valence-electron chi connectivity index (χ1n) is 6.16. The second-order valence-electron chi connectivity index (χ2n) is 5.46. The molecule has 1 heterocycles. The molecule has 0 atom stereocenters. The predicted molar refractivity (Wildman–Crippen MR) is 64.2 cm³/mol. The minimum absolute atomic E-state index is 0.469. The Labute approximate surface area is 97.5 Å². The number of nitrogens with one attached hydrogen (secondary N) is 1. The summed E-state index contributed by atoms with van der Waals surface area (Å²) in [4.78, 5) is 4.40. The molecule has 1 aliphatic rings. The van der Waals surface area contributed by atoms with Gasteiger partial charge >= 0.3 is 0 Å². The molecule has 0 spiro atoms. The van der Waals surface area contributed by atoms with Gasteiger partial charge in [-0.1, -0.05) is 13.8 Å². The third-order valence-electron chi connectivity index (χ3n) is 3.28. The highest BCUT2D eigenvalue weighted by atomic mass is 15.3. The Morgan fingerprint density at radius 3 is 2.81 bits per heavy atom. The molecule has 1 N–H and O–H groups in total. The molecular formula is C12H22N4. The minimum atomic E-state index is 0.469. The molecule has 16 heavy (non-hydrogen) atoms. The van der Waals surface area contributed by atoms with Crippen molar-refractivity contribution in [3.8, 4) is 0 Å². The summed E-state index contributed by atoms with van der Waals surface area (Å²) >= 11 is 0. The maximum atomic E-state index is 4.40. The second kappa shape index (κ2) is 4.53. The fourth-order valence-corrected chi connectivity index (χ4v) is 2.23. The molecule has 90 valence electrons. The summed E-state index contributed by atoms with van der Waals surface area (Å²) in [6.45, 7) is 6.50. The molecule has 0 amide bonds. The molecule has 1 fully saturated rings. The molecule has 0 saturated heterocycles. The lowest BCUT2D eigenvalue weighted by Gasteiger charge is -2.15. The highest BCUT2D eigenvalue weighted by molar-refractivity contribution is 5.03. The first-order chi connectivity index (χ1) is 7.65. The van der Waals surface area contributed by atoms with Gasteiger partial charge in [-0.15, -0.1) is 0 Å². The van der Waals surface area contributed by atoms with E-state index in [1.165, 1.54) is 12.8 Å². The third kappa shape index (κ3) is 2.61. The zero-order valence-corrected chi connectivity index (χ0v) is 10.5. The summed E-state index contributed by atoms with van der Waals surface area (Å²) in [6.07, 6.45) is 5.40. The van der Waals surface area contributed by atoms with Gasteiger partial charge in [0.1, 0.15) is 12.2 Å². The van der Waals surface area contributed by atoms with Crippen LogP contribution < -0.4 is 5.32 Å². The van der Waals surface area contributed by atoms with Crippen molar-refractivity contribution in [2.75, 3.05) is 13.6 Å². The van der Waals surface area contributed by atoms with Crippen LogP contribution in [0.25, 0.3) is 0 Å². The van der Waals surface area contributed by atoms with Gasteiger partial charge in [-0.3, -0.25) is 0 Å². The van der Waals surface area contributed by atoms with E-state index in [1.54, 1.807) is 6.33 Å². The van der Waals surface area contributed by atoms with E-state index in [-0.39, 0.29) is 0 Å². The molecule has 0 aliphatic heterocycles. The number of rotatable bonds is 6. The number of hydrogen-bond donors (Lipinski definition) is 1. The molecule has 1 saturated carbocycles. The summed E-state index contributed by atoms with van der Waals surface area (Å²) in [5.74, 6) is 1.78. The molecule has 2 rings (SSSR count). The molecule has 0 radical (unpaired) electrons. The van der Waals surface area contributed by atoms with Crippen molar-refractivity contribution in [1.29, 1.82) is 0 Å². The molecule has 0 aromatic carbocycles. The van der Waals surface area contributed by atoms with Crippen LogP contribution in [0.3, 0.4) is 0 Å². The van der Waals surface area contributed by atoms with E-state index < -0.39 is 0 Å². The number of hydrogen-bond acceptors (Lipinski definition) is 3. The molecule has 0 bridgehead atoms. The van der Waals surface area contributed by atoms with Crippen molar-refractivity contribution in [3.05, 3.63) is 12.2 Å². The fourth-order valence-electron chi connectivity index (χ4n) is 2.23. The first-order valence-corrected chi connectivity index (χ1v) is 6.16. The smallest absolute Gasteiger partial charge is 0.138 e. The highest BCUT2D eigenvalue weighted by Gasteiger charge is 2.42. The van der Waals surface area contributed by atoms with Crippen LogP contribution in [0, 0.1) is 11.3 Å². The molecule has 4 heteroatoms. The lowest BCUT2D eigenvalue weighted by atomic mass is 10.0. The molecule has 0 unspecified atom stereocenters. The summed E-state index contributed by atoms with van der Waals surface area (Å²) < 4.78 is 2.07. The Morgan fingerprint density at radius 2 is 2.25 bits per heavy atom. The van der Waals surface area contributed by atoms with Crippen molar-refractivity contribution in [3.63, 3.8) is 0 Å². The fraction of sp³-hybridized carbons (Fsp3) is 0.833. The van der Waals surface area contributed by atoms with Gasteiger partial charge in [0.05, 0.1) is 0 Å². The maximum Gasteiger partial charge on any atom is 0.138 e. The summed E-state index contributed by atoms with van der Waals surface area (Å²) in [5, 5.41) is 7.60. The van der Waals surface area contributed by atoms with Crippen molar-refractivity contribution in [2.45, 2.75) is 39.7 Å². The highest BCUT2D eigenvalue weighted by Crippen LogP contribution is 2.47. The Morgan fingerprint density at radius 1 is 1.50 bits per heavy atom. The molecule has 1 aliphatic carbocycles. The summed E-state index contributed by atoms with van der Waals surface area (Å²) in [7, 11) is 2.03. The number of aromatic nitrogens is 3. The standard InChI is InChI=1S/C12H22N4/c1-10(2)7-16-11(14-9-15-16)6-12(4-5-12)8-13-3/h9-10,13H,4-8H2,1-3H3. The van der Waals surface area contributed by atoms with Crippen LogP contribution in [0.2, 0.25) is 0 Å². The van der Waals surface area contributed by atoms with E-state index >= 15 is 0 Å². The molecule has 1 aromatic heterocycles. The third-order valence-corrected chi connectivity index (χ3v) is 3.28. The van der Waals surface area contributed by atoms with Crippen molar-refractivity contribution < 1.29 is 0 Å². The van der Waals surface area contributed by atoms with Gasteiger partial charge in [0.25, 0.3) is 0 Å². The van der Waals surface area contributed by atoms with Gasteiger partial charge in [-0.05, 0) is 31.2 Å². The van der Waals surface area contributed by atoms with E-state index in [0.29, 0.717) is 11.3 Å². The number of nitrogens with zero attached hydrogens (tertiary/aromatic N) is 3. The van der Waals surface area contributed by atoms with Crippen LogP contribution in [0.4, 0.5) is 0 Å². The molecular weight excluding hydrogens is 200 g/mol. The van der Waals surface area contributed by atoms with E-state index in [0.717, 1.165) is 25.3 Å². The van der Waals surface area contributed by atoms with Crippen LogP contribution in [0.5, 0.6) is 0 Å². The van der Waals surface area contributed by atoms with E-state index in [2.05, 4.69) is 33.9 Å². The van der Waals surface area contributed by atoms with E-state index in [9.17, 15) is 0 Å². The Balaban J connectivity index is 2.01. The van der Waals surface area contributed by atoms with Gasteiger partial charge in [0, 0.05) is 19.5 Å². The van der Waals surface area contributed by atoms with Crippen molar-refractivity contribution >= 4 is 0 Å². The zero-order chi connectivity index (χ0) is 11.6. The quantitative estimate of drug-likeness (QED) is 0.792. The second-order valence-corrected chi connectivity index (χ2v) is 5.46. The predicted octanol–water partition coefficient (Wildman–Crippen LogP) is 1.48. The monoisotopic (exact) mass is 222 g/mol. The lowest BCUT2D eigenvalue weighted by molar-refractivity contribution is 0.419. The van der Waals surface area contributed by atoms with Gasteiger partial charge in [-0.2, -0.15) is 5.10 Å². The van der Waals surface area contributed by atoms with Gasteiger partial charge in [0.15, 0.2) is 0 Å². The molecule has 1 aromatic rings.